The maximum absolute atomic E-state index is 5.47. The van der Waals surface area contributed by atoms with E-state index < -0.39 is 0 Å². The van der Waals surface area contributed by atoms with E-state index in [-0.39, 0.29) is 6.29 Å². The molecule has 4 heteroatoms. The highest BCUT2D eigenvalue weighted by atomic mass is 79.9. The number of anilines is 1. The zero-order chi connectivity index (χ0) is 12.5. The highest BCUT2D eigenvalue weighted by molar-refractivity contribution is 9.10. The van der Waals surface area contributed by atoms with Crippen molar-refractivity contribution in [1.82, 2.24) is 0 Å². The van der Waals surface area contributed by atoms with Crippen molar-refractivity contribution < 1.29 is 9.47 Å². The summed E-state index contributed by atoms with van der Waals surface area (Å²) in [6.07, 6.45) is 0.735. The van der Waals surface area contributed by atoms with Crippen LogP contribution in [-0.2, 0) is 9.47 Å². The predicted octanol–water partition coefficient (Wildman–Crippen LogP) is 3.65. The lowest BCUT2D eigenvalue weighted by Crippen LogP contribution is -2.21. The van der Waals surface area contributed by atoms with E-state index in [1.54, 1.807) is 0 Å². The molecule has 0 heterocycles. The van der Waals surface area contributed by atoms with Gasteiger partial charge in [0.25, 0.3) is 0 Å². The Labute approximate surface area is 112 Å². The molecular weight excluding hydrogens is 282 g/mol. The monoisotopic (exact) mass is 301 g/mol. The van der Waals surface area contributed by atoms with Crippen LogP contribution in [0, 0.1) is 0 Å². The van der Waals surface area contributed by atoms with Gasteiger partial charge in [0.1, 0.15) is 0 Å². The standard InChI is InChI=1S/C13H20BrNO2/c1-3-16-13(17-4-2)8-9-15-12-7-5-6-11(14)10-12/h5-7,10,13,15H,3-4,8-9H2,1-2H3. The molecule has 17 heavy (non-hydrogen) atoms. The third kappa shape index (κ3) is 6.05. The fourth-order valence-corrected chi connectivity index (χ4v) is 1.92. The Hall–Kier alpha value is -0.580. The van der Waals surface area contributed by atoms with Crippen LogP contribution >= 0.6 is 15.9 Å². The van der Waals surface area contributed by atoms with E-state index in [2.05, 4.69) is 27.3 Å². The first kappa shape index (κ1) is 14.5. The molecule has 0 aliphatic rings. The largest absolute Gasteiger partial charge is 0.385 e. The molecule has 0 radical (unpaired) electrons. The number of ether oxygens (including phenoxy) is 2. The minimum Gasteiger partial charge on any atom is -0.385 e. The third-order valence-electron chi connectivity index (χ3n) is 2.24. The smallest absolute Gasteiger partial charge is 0.159 e. The van der Waals surface area contributed by atoms with Crippen molar-refractivity contribution in [3.8, 4) is 0 Å². The molecule has 1 aromatic carbocycles. The summed E-state index contributed by atoms with van der Waals surface area (Å²) in [5, 5.41) is 3.34. The number of benzene rings is 1. The van der Waals surface area contributed by atoms with Gasteiger partial charge in [-0.15, -0.1) is 0 Å². The molecule has 0 aliphatic heterocycles. The molecule has 0 aliphatic carbocycles. The van der Waals surface area contributed by atoms with Crippen molar-refractivity contribution in [2.24, 2.45) is 0 Å². The Kier molecular flexibility index (Phi) is 7.24. The Balaban J connectivity index is 2.30. The molecule has 0 unspecified atom stereocenters. The van der Waals surface area contributed by atoms with Crippen molar-refractivity contribution in [2.45, 2.75) is 26.6 Å². The second-order valence-corrected chi connectivity index (χ2v) is 4.48. The average Bonchev–Trinajstić information content (AvgIpc) is 2.30. The first-order valence-corrected chi connectivity index (χ1v) is 6.78. The lowest BCUT2D eigenvalue weighted by atomic mass is 10.3. The van der Waals surface area contributed by atoms with E-state index in [1.165, 1.54) is 0 Å². The van der Waals surface area contributed by atoms with Crippen LogP contribution in [0.1, 0.15) is 20.3 Å². The number of hydrogen-bond acceptors (Lipinski definition) is 3. The minimum absolute atomic E-state index is 0.107. The third-order valence-corrected chi connectivity index (χ3v) is 2.73. The molecule has 0 aromatic heterocycles. The van der Waals surface area contributed by atoms with Gasteiger partial charge < -0.3 is 14.8 Å². The van der Waals surface area contributed by atoms with E-state index in [4.69, 9.17) is 9.47 Å². The topological polar surface area (TPSA) is 30.5 Å². The van der Waals surface area contributed by atoms with Crippen LogP contribution < -0.4 is 5.32 Å². The zero-order valence-corrected chi connectivity index (χ0v) is 12.0. The fraction of sp³-hybridized carbons (Fsp3) is 0.538. The summed E-state index contributed by atoms with van der Waals surface area (Å²) < 4.78 is 12.0. The van der Waals surface area contributed by atoms with Crippen molar-refractivity contribution in [3.63, 3.8) is 0 Å². The molecule has 0 fully saturated rings. The molecule has 0 spiro atoms. The molecule has 0 saturated heterocycles. The second kappa shape index (κ2) is 8.50. The van der Waals surface area contributed by atoms with Gasteiger partial charge in [-0.3, -0.25) is 0 Å². The Morgan fingerprint density at radius 3 is 2.53 bits per heavy atom. The van der Waals surface area contributed by atoms with Gasteiger partial charge >= 0.3 is 0 Å². The van der Waals surface area contributed by atoms with Gasteiger partial charge in [0.15, 0.2) is 6.29 Å². The summed E-state index contributed by atoms with van der Waals surface area (Å²) in [5.41, 5.74) is 1.10. The van der Waals surface area contributed by atoms with Crippen LogP contribution in [0.25, 0.3) is 0 Å². The van der Waals surface area contributed by atoms with Gasteiger partial charge in [0.2, 0.25) is 0 Å². The van der Waals surface area contributed by atoms with Gasteiger partial charge in [0.05, 0.1) is 0 Å². The van der Waals surface area contributed by atoms with E-state index in [9.17, 15) is 0 Å². The number of nitrogens with one attached hydrogen (secondary N) is 1. The van der Waals surface area contributed by atoms with Gasteiger partial charge in [-0.1, -0.05) is 22.0 Å². The number of halogens is 1. The summed E-state index contributed by atoms with van der Waals surface area (Å²) >= 11 is 3.44. The Bertz CT molecular complexity index is 314. The lowest BCUT2D eigenvalue weighted by molar-refractivity contribution is -0.137. The van der Waals surface area contributed by atoms with Crippen molar-refractivity contribution in [3.05, 3.63) is 28.7 Å². The van der Waals surface area contributed by atoms with Crippen molar-refractivity contribution in [2.75, 3.05) is 25.1 Å². The maximum atomic E-state index is 5.47. The predicted molar refractivity (Wildman–Crippen MR) is 74.3 cm³/mol. The molecule has 0 amide bonds. The normalized spacial score (nSPS) is 10.8. The minimum atomic E-state index is -0.107. The van der Waals surface area contributed by atoms with E-state index in [0.717, 1.165) is 23.1 Å². The van der Waals surface area contributed by atoms with Gasteiger partial charge in [-0.25, -0.2) is 0 Å². The summed E-state index contributed by atoms with van der Waals surface area (Å²) in [7, 11) is 0. The zero-order valence-electron chi connectivity index (χ0n) is 10.4. The second-order valence-electron chi connectivity index (χ2n) is 3.57. The van der Waals surface area contributed by atoms with Crippen LogP contribution in [0.15, 0.2) is 28.7 Å². The molecular formula is C13H20BrNO2. The molecule has 1 rings (SSSR count). The molecule has 0 atom stereocenters. The molecule has 1 aromatic rings. The van der Waals surface area contributed by atoms with Crippen LogP contribution in [0.3, 0.4) is 0 Å². The van der Waals surface area contributed by atoms with Crippen LogP contribution in [0.2, 0.25) is 0 Å². The fourth-order valence-electron chi connectivity index (χ4n) is 1.52. The first-order chi connectivity index (χ1) is 8.26. The number of rotatable bonds is 8. The van der Waals surface area contributed by atoms with E-state index in [0.29, 0.717) is 13.2 Å². The average molecular weight is 302 g/mol. The molecule has 0 saturated carbocycles. The summed E-state index contributed by atoms with van der Waals surface area (Å²) in [6.45, 7) is 6.16. The number of hydrogen-bond donors (Lipinski definition) is 1. The summed E-state index contributed by atoms with van der Waals surface area (Å²) in [5.74, 6) is 0. The highest BCUT2D eigenvalue weighted by Gasteiger charge is 2.06. The van der Waals surface area contributed by atoms with Gasteiger partial charge in [-0.2, -0.15) is 0 Å². The SMILES string of the molecule is CCOC(CCNc1cccc(Br)c1)OCC. The quantitative estimate of drug-likeness (QED) is 0.744. The van der Waals surface area contributed by atoms with Crippen molar-refractivity contribution in [1.29, 1.82) is 0 Å². The molecule has 96 valence electrons. The molecule has 3 nitrogen and oxygen atoms in total. The van der Waals surface area contributed by atoms with E-state index >= 15 is 0 Å². The summed E-state index contributed by atoms with van der Waals surface area (Å²) in [6, 6.07) is 8.11. The van der Waals surface area contributed by atoms with E-state index in [1.807, 2.05) is 32.0 Å². The Morgan fingerprint density at radius 1 is 1.24 bits per heavy atom. The van der Waals surface area contributed by atoms with Crippen molar-refractivity contribution >= 4 is 21.6 Å². The van der Waals surface area contributed by atoms with Crippen LogP contribution in [0.5, 0.6) is 0 Å². The van der Waals surface area contributed by atoms with Crippen LogP contribution in [0.4, 0.5) is 5.69 Å². The van der Waals surface area contributed by atoms with Crippen LogP contribution in [-0.4, -0.2) is 26.0 Å². The van der Waals surface area contributed by atoms with Gasteiger partial charge in [0, 0.05) is 36.3 Å². The Morgan fingerprint density at radius 2 is 1.94 bits per heavy atom. The molecule has 0 bridgehead atoms. The van der Waals surface area contributed by atoms with Gasteiger partial charge in [-0.05, 0) is 32.0 Å². The maximum Gasteiger partial charge on any atom is 0.159 e. The summed E-state index contributed by atoms with van der Waals surface area (Å²) in [4.78, 5) is 0. The lowest BCUT2D eigenvalue weighted by Gasteiger charge is -2.17. The highest BCUT2D eigenvalue weighted by Crippen LogP contribution is 2.15. The molecule has 1 N–H and O–H groups in total. The first-order valence-electron chi connectivity index (χ1n) is 5.99.